The molecule has 4 heteroatoms. The number of ether oxygens (including phenoxy) is 1. The molecule has 1 aromatic carbocycles. The van der Waals surface area contributed by atoms with E-state index in [1.807, 2.05) is 31.2 Å². The van der Waals surface area contributed by atoms with Crippen LogP contribution in [-0.2, 0) is 9.53 Å². The van der Waals surface area contributed by atoms with Gasteiger partial charge in [-0.3, -0.25) is 10.1 Å². The maximum Gasteiger partial charge on any atom is 0.323 e. The highest BCUT2D eigenvalue weighted by Crippen LogP contribution is 2.34. The fraction of sp³-hybridized carbons (Fsp3) is 0.500. The number of halogens is 1. The topological polar surface area (TPSA) is 38.3 Å². The average molecular weight is 268 g/mol. The molecule has 1 aliphatic rings. The minimum Gasteiger partial charge on any atom is -0.468 e. The van der Waals surface area contributed by atoms with E-state index in [1.165, 1.54) is 7.11 Å². The number of carbonyl (C=O) groups is 1. The summed E-state index contributed by atoms with van der Waals surface area (Å²) in [4.78, 5) is 11.7. The zero-order valence-corrected chi connectivity index (χ0v) is 11.4. The van der Waals surface area contributed by atoms with Crippen LogP contribution in [-0.4, -0.2) is 19.1 Å². The predicted octanol–water partition coefficient (Wildman–Crippen LogP) is 2.94. The monoisotopic (exact) mass is 267 g/mol. The zero-order chi connectivity index (χ0) is 13.1. The minimum atomic E-state index is -0.205. The van der Waals surface area contributed by atoms with Crippen LogP contribution in [0.4, 0.5) is 0 Å². The second-order valence-electron chi connectivity index (χ2n) is 4.78. The standard InChI is InChI=1S/C14H18ClNO2/c1-9(11-4-3-5-12(15)8-11)16-13(10-6-7-10)14(17)18-2/h3-5,8-10,13,16H,6-7H2,1-2H3. The lowest BCUT2D eigenvalue weighted by atomic mass is 10.1. The minimum absolute atomic E-state index is 0.0772. The number of benzene rings is 1. The summed E-state index contributed by atoms with van der Waals surface area (Å²) in [6.45, 7) is 2.03. The Balaban J connectivity index is 2.04. The highest BCUT2D eigenvalue weighted by molar-refractivity contribution is 6.30. The van der Waals surface area contributed by atoms with Crippen molar-refractivity contribution in [3.8, 4) is 0 Å². The second kappa shape index (κ2) is 5.72. The van der Waals surface area contributed by atoms with E-state index in [2.05, 4.69) is 5.32 Å². The summed E-state index contributed by atoms with van der Waals surface area (Å²) in [6, 6.07) is 7.55. The van der Waals surface area contributed by atoms with Gasteiger partial charge in [0.1, 0.15) is 6.04 Å². The van der Waals surface area contributed by atoms with E-state index in [-0.39, 0.29) is 18.1 Å². The van der Waals surface area contributed by atoms with Crippen molar-refractivity contribution in [1.82, 2.24) is 5.32 Å². The molecule has 1 saturated carbocycles. The maximum absolute atomic E-state index is 11.7. The molecule has 1 N–H and O–H groups in total. The number of esters is 1. The molecule has 18 heavy (non-hydrogen) atoms. The Kier molecular flexibility index (Phi) is 4.25. The molecule has 0 bridgehead atoms. The summed E-state index contributed by atoms with van der Waals surface area (Å²) in [6.07, 6.45) is 2.18. The van der Waals surface area contributed by atoms with E-state index in [1.54, 1.807) is 0 Å². The van der Waals surface area contributed by atoms with E-state index >= 15 is 0 Å². The lowest BCUT2D eigenvalue weighted by Crippen LogP contribution is -2.40. The van der Waals surface area contributed by atoms with E-state index < -0.39 is 0 Å². The zero-order valence-electron chi connectivity index (χ0n) is 10.7. The third kappa shape index (κ3) is 3.24. The molecule has 1 fully saturated rings. The van der Waals surface area contributed by atoms with Crippen molar-refractivity contribution in [2.75, 3.05) is 7.11 Å². The van der Waals surface area contributed by atoms with Gasteiger partial charge in [-0.25, -0.2) is 0 Å². The van der Waals surface area contributed by atoms with Crippen molar-refractivity contribution in [2.24, 2.45) is 5.92 Å². The molecule has 0 heterocycles. The van der Waals surface area contributed by atoms with Crippen LogP contribution in [0.2, 0.25) is 5.02 Å². The van der Waals surface area contributed by atoms with Gasteiger partial charge in [0.15, 0.2) is 0 Å². The molecule has 3 nitrogen and oxygen atoms in total. The normalized spacial score (nSPS) is 18.2. The van der Waals surface area contributed by atoms with Gasteiger partial charge in [0, 0.05) is 11.1 Å². The van der Waals surface area contributed by atoms with Crippen molar-refractivity contribution >= 4 is 17.6 Å². The van der Waals surface area contributed by atoms with Gasteiger partial charge in [0.2, 0.25) is 0 Å². The molecule has 0 spiro atoms. The van der Waals surface area contributed by atoms with Gasteiger partial charge in [-0.2, -0.15) is 0 Å². The van der Waals surface area contributed by atoms with Gasteiger partial charge >= 0.3 is 5.97 Å². The number of hydrogen-bond donors (Lipinski definition) is 1. The van der Waals surface area contributed by atoms with Gasteiger partial charge in [-0.05, 0) is 43.4 Å². The number of carbonyl (C=O) groups excluding carboxylic acids is 1. The molecular formula is C14H18ClNO2. The molecule has 98 valence electrons. The van der Waals surface area contributed by atoms with Gasteiger partial charge in [-0.15, -0.1) is 0 Å². The first-order valence-electron chi connectivity index (χ1n) is 6.21. The molecular weight excluding hydrogens is 250 g/mol. The van der Waals surface area contributed by atoms with Gasteiger partial charge in [0.05, 0.1) is 7.11 Å². The Morgan fingerprint density at radius 3 is 2.78 bits per heavy atom. The van der Waals surface area contributed by atoms with Crippen molar-refractivity contribution in [3.63, 3.8) is 0 Å². The molecule has 0 aliphatic heterocycles. The van der Waals surface area contributed by atoms with Crippen molar-refractivity contribution in [2.45, 2.75) is 31.8 Å². The van der Waals surface area contributed by atoms with Crippen molar-refractivity contribution in [3.05, 3.63) is 34.9 Å². The Bertz CT molecular complexity index is 432. The molecule has 0 saturated heterocycles. The highest BCUT2D eigenvalue weighted by Gasteiger charge is 2.37. The number of rotatable bonds is 5. The van der Waals surface area contributed by atoms with E-state index in [0.717, 1.165) is 18.4 Å². The van der Waals surface area contributed by atoms with E-state index in [0.29, 0.717) is 10.9 Å². The number of nitrogens with one attached hydrogen (secondary N) is 1. The largest absolute Gasteiger partial charge is 0.468 e. The molecule has 0 radical (unpaired) electrons. The van der Waals surface area contributed by atoms with E-state index in [9.17, 15) is 4.79 Å². The maximum atomic E-state index is 11.7. The summed E-state index contributed by atoms with van der Waals surface area (Å²) < 4.78 is 4.85. The lowest BCUT2D eigenvalue weighted by Gasteiger charge is -2.21. The number of hydrogen-bond acceptors (Lipinski definition) is 3. The van der Waals surface area contributed by atoms with Gasteiger partial charge < -0.3 is 4.74 Å². The molecule has 0 amide bonds. The van der Waals surface area contributed by atoms with Crippen LogP contribution in [0, 0.1) is 5.92 Å². The third-order valence-electron chi connectivity index (χ3n) is 3.33. The summed E-state index contributed by atoms with van der Waals surface area (Å²) in [5.74, 6) is 0.241. The first-order chi connectivity index (χ1) is 8.61. The first-order valence-corrected chi connectivity index (χ1v) is 6.59. The molecule has 2 unspecified atom stereocenters. The molecule has 2 atom stereocenters. The van der Waals surface area contributed by atoms with Crippen LogP contribution in [0.15, 0.2) is 24.3 Å². The molecule has 2 rings (SSSR count). The molecule has 1 aromatic rings. The van der Waals surface area contributed by atoms with Crippen LogP contribution in [0.5, 0.6) is 0 Å². The number of methoxy groups -OCH3 is 1. The third-order valence-corrected chi connectivity index (χ3v) is 3.56. The quantitative estimate of drug-likeness (QED) is 0.834. The van der Waals surface area contributed by atoms with Crippen LogP contribution < -0.4 is 5.32 Å². The Labute approximate surface area is 112 Å². The lowest BCUT2D eigenvalue weighted by molar-refractivity contribution is -0.144. The Hall–Kier alpha value is -1.06. The fourth-order valence-corrected chi connectivity index (χ4v) is 2.29. The van der Waals surface area contributed by atoms with Crippen LogP contribution >= 0.6 is 11.6 Å². The van der Waals surface area contributed by atoms with Gasteiger partial charge in [-0.1, -0.05) is 23.7 Å². The first kappa shape index (κ1) is 13.4. The van der Waals surface area contributed by atoms with Gasteiger partial charge in [0.25, 0.3) is 0 Å². The Morgan fingerprint density at radius 1 is 1.50 bits per heavy atom. The van der Waals surface area contributed by atoms with Crippen LogP contribution in [0.1, 0.15) is 31.4 Å². The van der Waals surface area contributed by atoms with Crippen LogP contribution in [0.3, 0.4) is 0 Å². The Morgan fingerprint density at radius 2 is 2.22 bits per heavy atom. The highest BCUT2D eigenvalue weighted by atomic mass is 35.5. The second-order valence-corrected chi connectivity index (χ2v) is 5.22. The molecule has 1 aliphatic carbocycles. The fourth-order valence-electron chi connectivity index (χ4n) is 2.09. The summed E-state index contributed by atoms with van der Waals surface area (Å²) in [5.41, 5.74) is 1.08. The smallest absolute Gasteiger partial charge is 0.323 e. The molecule has 0 aromatic heterocycles. The summed E-state index contributed by atoms with van der Waals surface area (Å²) >= 11 is 5.97. The van der Waals surface area contributed by atoms with E-state index in [4.69, 9.17) is 16.3 Å². The van der Waals surface area contributed by atoms with Crippen LogP contribution in [0.25, 0.3) is 0 Å². The predicted molar refractivity (Wildman–Crippen MR) is 71.5 cm³/mol. The van der Waals surface area contributed by atoms with Crippen molar-refractivity contribution in [1.29, 1.82) is 0 Å². The van der Waals surface area contributed by atoms with Crippen molar-refractivity contribution < 1.29 is 9.53 Å². The summed E-state index contributed by atoms with van der Waals surface area (Å²) in [7, 11) is 1.43. The average Bonchev–Trinajstić information content (AvgIpc) is 3.19. The summed E-state index contributed by atoms with van der Waals surface area (Å²) in [5, 5.41) is 4.05. The SMILES string of the molecule is COC(=O)C(NC(C)c1cccc(Cl)c1)C1CC1.